The molecule has 13 aromatic rings. The van der Waals surface area contributed by atoms with Crippen LogP contribution in [0.5, 0.6) is 0 Å². The number of para-hydroxylation sites is 1. The fourth-order valence-corrected chi connectivity index (χ4v) is 9.59. The van der Waals surface area contributed by atoms with Crippen molar-refractivity contribution in [2.75, 3.05) is 0 Å². The Kier molecular flexibility index (Phi) is 7.77. The topological polar surface area (TPSA) is 74.6 Å². The van der Waals surface area contributed by atoms with E-state index in [-0.39, 0.29) is 0 Å². The van der Waals surface area contributed by atoms with Gasteiger partial charge in [0.25, 0.3) is 0 Å². The fourth-order valence-electron chi connectivity index (χ4n) is 9.59. The first-order valence-electron chi connectivity index (χ1n) is 21.0. The van der Waals surface area contributed by atoms with Gasteiger partial charge in [-0.05, 0) is 113 Å². The van der Waals surface area contributed by atoms with Crippen LogP contribution < -0.4 is 0 Å². The minimum absolute atomic E-state index is 0.805. The second kappa shape index (κ2) is 13.9. The highest BCUT2D eigenvalue weighted by Crippen LogP contribution is 2.43. The monoisotopic (exact) mass is 806 g/mol. The maximum Gasteiger partial charge on any atom is 0.159 e. The molecule has 0 aliphatic rings. The van der Waals surface area contributed by atoms with Gasteiger partial charge in [0.15, 0.2) is 5.58 Å². The van der Waals surface area contributed by atoms with Crippen LogP contribution in [0, 0.1) is 0 Å². The number of rotatable bonds is 6. The molecule has 7 heterocycles. The molecule has 0 aliphatic heterocycles. The molecule has 0 fully saturated rings. The number of pyridine rings is 4. The minimum Gasteiger partial charge on any atom is -0.454 e. The Balaban J connectivity index is 1.06. The molecular weight excluding hydrogens is 773 g/mol. The van der Waals surface area contributed by atoms with Crippen LogP contribution in [0.3, 0.4) is 0 Å². The van der Waals surface area contributed by atoms with E-state index in [9.17, 15) is 0 Å². The summed E-state index contributed by atoms with van der Waals surface area (Å²) in [7, 11) is 0. The summed E-state index contributed by atoms with van der Waals surface area (Å²) in [5.41, 5.74) is 18.0. The van der Waals surface area contributed by atoms with Crippen molar-refractivity contribution < 1.29 is 4.42 Å². The van der Waals surface area contributed by atoms with Gasteiger partial charge in [0, 0.05) is 63.1 Å². The van der Waals surface area contributed by atoms with Gasteiger partial charge in [-0.25, -0.2) is 0 Å². The Bertz CT molecular complexity index is 3920. The highest BCUT2D eigenvalue weighted by molar-refractivity contribution is 6.14. The molecule has 0 amide bonds. The van der Waals surface area contributed by atoms with Crippen LogP contribution in [0.15, 0.2) is 211 Å². The molecule has 0 unspecified atom stereocenters. The molecule has 7 aromatic heterocycles. The third-order valence-corrected chi connectivity index (χ3v) is 12.3. The van der Waals surface area contributed by atoms with Gasteiger partial charge < -0.3 is 13.6 Å². The predicted octanol–water partition coefficient (Wildman–Crippen LogP) is 14.0. The number of fused-ring (bicyclic) bond motifs is 9. The molecule has 7 heteroatoms. The number of nitrogens with zero attached hydrogens (tertiary/aromatic N) is 6. The zero-order valence-electron chi connectivity index (χ0n) is 33.7. The van der Waals surface area contributed by atoms with Gasteiger partial charge in [-0.2, -0.15) is 0 Å². The maximum absolute atomic E-state index is 6.85. The molecule has 0 aliphatic carbocycles. The first kappa shape index (κ1) is 35.1. The number of benzene rings is 6. The molecule has 0 bridgehead atoms. The van der Waals surface area contributed by atoms with Crippen LogP contribution in [0.25, 0.3) is 122 Å². The largest absolute Gasteiger partial charge is 0.454 e. The smallest absolute Gasteiger partial charge is 0.159 e. The van der Waals surface area contributed by atoms with Crippen molar-refractivity contribution in [2.24, 2.45) is 0 Å². The van der Waals surface area contributed by atoms with E-state index in [1.54, 1.807) is 0 Å². The van der Waals surface area contributed by atoms with Crippen molar-refractivity contribution in [3.8, 4) is 56.1 Å². The van der Waals surface area contributed by atoms with Gasteiger partial charge in [0.2, 0.25) is 0 Å². The lowest BCUT2D eigenvalue weighted by atomic mass is 9.96. The molecule has 0 radical (unpaired) electrons. The first-order chi connectivity index (χ1) is 31.3. The molecule has 6 aromatic carbocycles. The van der Waals surface area contributed by atoms with Gasteiger partial charge in [0.1, 0.15) is 5.58 Å². The number of furan rings is 1. The highest BCUT2D eigenvalue weighted by atomic mass is 16.3. The van der Waals surface area contributed by atoms with Gasteiger partial charge in [-0.3, -0.25) is 19.9 Å². The Morgan fingerprint density at radius 3 is 1.48 bits per heavy atom. The van der Waals surface area contributed by atoms with Crippen molar-refractivity contribution in [1.29, 1.82) is 0 Å². The minimum atomic E-state index is 0.805. The number of aromatic nitrogens is 6. The van der Waals surface area contributed by atoms with E-state index in [0.29, 0.717) is 0 Å². The summed E-state index contributed by atoms with van der Waals surface area (Å²) in [5.74, 6) is 0. The third-order valence-electron chi connectivity index (χ3n) is 12.3. The van der Waals surface area contributed by atoms with Crippen molar-refractivity contribution in [1.82, 2.24) is 29.1 Å². The van der Waals surface area contributed by atoms with Crippen molar-refractivity contribution in [2.45, 2.75) is 0 Å². The van der Waals surface area contributed by atoms with E-state index in [1.807, 2.05) is 73.3 Å². The molecule has 0 spiro atoms. The van der Waals surface area contributed by atoms with Crippen molar-refractivity contribution in [3.63, 3.8) is 0 Å². The maximum atomic E-state index is 6.85. The zero-order valence-corrected chi connectivity index (χ0v) is 33.7. The number of hydrogen-bond donors (Lipinski definition) is 0. The van der Waals surface area contributed by atoms with E-state index < -0.39 is 0 Å². The van der Waals surface area contributed by atoms with E-state index in [0.717, 1.165) is 122 Å². The Labute approximate surface area is 360 Å². The SMILES string of the molecule is c1ccc(-c2ccccc2-c2ccc3c(c2)c2ncccc2n3-c2cc(-n3c4ccc(-c5ccccc5-c5ccccn5)cc4c4ncccc43)c3oc4ccccc4c3c2)nc1. The zero-order chi connectivity index (χ0) is 41.4. The Morgan fingerprint density at radius 1 is 0.349 bits per heavy atom. The van der Waals surface area contributed by atoms with Crippen molar-refractivity contribution in [3.05, 3.63) is 207 Å². The van der Waals surface area contributed by atoms with Crippen LogP contribution in [0.4, 0.5) is 0 Å². The van der Waals surface area contributed by atoms with Crippen LogP contribution >= 0.6 is 0 Å². The van der Waals surface area contributed by atoms with E-state index in [4.69, 9.17) is 24.4 Å². The normalized spacial score (nSPS) is 11.8. The van der Waals surface area contributed by atoms with E-state index in [2.05, 4.69) is 143 Å². The first-order valence-corrected chi connectivity index (χ1v) is 21.0. The molecule has 0 saturated heterocycles. The lowest BCUT2D eigenvalue weighted by Gasteiger charge is -2.14. The standard InChI is InChI=1S/C56H34N6O/c1-3-15-40(46-18-7-9-27-57-46)38(13-1)35-23-25-48-44(31-35)54-50(20-11-29-59-54)61(48)37-33-43-42-17-5-6-22-53(42)63-56(43)52(34-37)62-49-26-24-36(32-45(49)55-51(62)21-12-30-60-55)39-14-2-4-16-41(39)47-19-8-10-28-58-47/h1-34H. The average molecular weight is 807 g/mol. The summed E-state index contributed by atoms with van der Waals surface area (Å²) < 4.78 is 11.5. The molecule has 63 heavy (non-hydrogen) atoms. The van der Waals surface area contributed by atoms with E-state index in [1.165, 1.54) is 0 Å². The molecule has 13 rings (SSSR count). The van der Waals surface area contributed by atoms with Crippen molar-refractivity contribution >= 4 is 65.8 Å². The molecule has 0 saturated carbocycles. The second-order valence-corrected chi connectivity index (χ2v) is 15.8. The summed E-state index contributed by atoms with van der Waals surface area (Å²) >= 11 is 0. The van der Waals surface area contributed by atoms with Gasteiger partial charge in [-0.1, -0.05) is 91.0 Å². The van der Waals surface area contributed by atoms with Crippen LogP contribution in [0.2, 0.25) is 0 Å². The van der Waals surface area contributed by atoms with Crippen LogP contribution in [-0.2, 0) is 0 Å². The van der Waals surface area contributed by atoms with Gasteiger partial charge in [0.05, 0.1) is 50.2 Å². The summed E-state index contributed by atoms with van der Waals surface area (Å²) in [5, 5.41) is 4.19. The quantitative estimate of drug-likeness (QED) is 0.167. The summed E-state index contributed by atoms with van der Waals surface area (Å²) in [6.45, 7) is 0. The Hall–Kier alpha value is -8.68. The molecule has 7 nitrogen and oxygen atoms in total. The summed E-state index contributed by atoms with van der Waals surface area (Å²) in [6, 6.07) is 63.6. The lowest BCUT2D eigenvalue weighted by molar-refractivity contribution is 0.666. The molecular formula is C56H34N6O. The molecule has 0 atom stereocenters. The molecule has 0 N–H and O–H groups in total. The summed E-state index contributed by atoms with van der Waals surface area (Å²) in [6.07, 6.45) is 7.45. The molecule has 294 valence electrons. The Morgan fingerprint density at radius 2 is 0.873 bits per heavy atom. The predicted molar refractivity (Wildman–Crippen MR) is 255 cm³/mol. The van der Waals surface area contributed by atoms with Crippen LogP contribution in [0.1, 0.15) is 0 Å². The third kappa shape index (κ3) is 5.46. The average Bonchev–Trinajstić information content (AvgIpc) is 4.01. The fraction of sp³-hybridized carbons (Fsp3) is 0. The second-order valence-electron chi connectivity index (χ2n) is 15.8. The van der Waals surface area contributed by atoms with Gasteiger partial charge >= 0.3 is 0 Å². The highest BCUT2D eigenvalue weighted by Gasteiger charge is 2.23. The lowest BCUT2D eigenvalue weighted by Crippen LogP contribution is -2.00. The number of hydrogen-bond acceptors (Lipinski definition) is 5. The van der Waals surface area contributed by atoms with Crippen LogP contribution in [-0.4, -0.2) is 29.1 Å². The van der Waals surface area contributed by atoms with Gasteiger partial charge in [-0.15, -0.1) is 0 Å². The van der Waals surface area contributed by atoms with E-state index >= 15 is 0 Å². The summed E-state index contributed by atoms with van der Waals surface area (Å²) in [4.78, 5) is 19.4.